The highest BCUT2D eigenvalue weighted by molar-refractivity contribution is 5.92. The number of carbonyl (C=O) groups is 1. The van der Waals surface area contributed by atoms with Crippen LogP contribution in [0.2, 0.25) is 0 Å². The first kappa shape index (κ1) is 17.3. The minimum Gasteiger partial charge on any atom is -0.384 e. The summed E-state index contributed by atoms with van der Waals surface area (Å²) in [5.41, 5.74) is 7.27. The van der Waals surface area contributed by atoms with Gasteiger partial charge in [-0.25, -0.2) is 0 Å². The van der Waals surface area contributed by atoms with Crippen LogP contribution in [-0.4, -0.2) is 35.5 Å². The molecule has 4 nitrogen and oxygen atoms in total. The van der Waals surface area contributed by atoms with E-state index >= 15 is 0 Å². The van der Waals surface area contributed by atoms with Crippen LogP contribution in [-0.2, 0) is 12.0 Å². The molecule has 1 aliphatic carbocycles. The minimum absolute atomic E-state index is 0.208. The molecule has 136 valence electrons. The number of nitrogens with zero attached hydrogens (tertiary/aromatic N) is 1. The van der Waals surface area contributed by atoms with Gasteiger partial charge < -0.3 is 15.7 Å². The Morgan fingerprint density at radius 1 is 1.08 bits per heavy atom. The number of hydrogen-bond donors (Lipinski definition) is 2. The van der Waals surface area contributed by atoms with E-state index in [4.69, 9.17) is 5.73 Å². The van der Waals surface area contributed by atoms with Gasteiger partial charge in [0.25, 0.3) is 0 Å². The van der Waals surface area contributed by atoms with Gasteiger partial charge >= 0.3 is 0 Å². The molecule has 1 aliphatic heterocycles. The predicted molar refractivity (Wildman–Crippen MR) is 102 cm³/mol. The van der Waals surface area contributed by atoms with E-state index in [2.05, 4.69) is 29.2 Å². The quantitative estimate of drug-likeness (QED) is 0.871. The van der Waals surface area contributed by atoms with Gasteiger partial charge in [-0.2, -0.15) is 0 Å². The third kappa shape index (κ3) is 3.04. The number of primary amides is 1. The van der Waals surface area contributed by atoms with E-state index in [9.17, 15) is 9.90 Å². The predicted octanol–water partition coefficient (Wildman–Crippen LogP) is 2.56. The highest BCUT2D eigenvalue weighted by atomic mass is 16.3. The Labute approximate surface area is 154 Å². The van der Waals surface area contributed by atoms with Crippen molar-refractivity contribution >= 4 is 5.91 Å². The van der Waals surface area contributed by atoms with Crippen molar-refractivity contribution in [1.29, 1.82) is 0 Å². The number of rotatable bonds is 5. The third-order valence-corrected chi connectivity index (χ3v) is 6.23. The summed E-state index contributed by atoms with van der Waals surface area (Å²) < 4.78 is 0. The van der Waals surface area contributed by atoms with Crippen LogP contribution in [0.5, 0.6) is 0 Å². The van der Waals surface area contributed by atoms with Gasteiger partial charge in [-0.05, 0) is 42.5 Å². The summed E-state index contributed by atoms with van der Waals surface area (Å²) in [6.07, 6.45) is 3.10. The molecule has 1 heterocycles. The van der Waals surface area contributed by atoms with Gasteiger partial charge in [-0.15, -0.1) is 0 Å². The fourth-order valence-corrected chi connectivity index (χ4v) is 4.84. The first-order valence-corrected chi connectivity index (χ1v) is 9.46. The lowest BCUT2D eigenvalue weighted by Crippen LogP contribution is -2.52. The summed E-state index contributed by atoms with van der Waals surface area (Å²) in [6.45, 7) is 2.83. The molecule has 3 N–H and O–H groups in total. The highest BCUT2D eigenvalue weighted by Crippen LogP contribution is 2.51. The summed E-state index contributed by atoms with van der Waals surface area (Å²) in [4.78, 5) is 14.0. The number of amides is 1. The Morgan fingerprint density at radius 2 is 1.77 bits per heavy atom. The number of hydrogen-bond acceptors (Lipinski definition) is 3. The SMILES string of the molecule is NC(=O)c1cccc(C2(O)C3CCC2CN(CCc2ccccc2)C3)c1. The molecule has 2 bridgehead atoms. The summed E-state index contributed by atoms with van der Waals surface area (Å²) in [5, 5.41) is 11.6. The van der Waals surface area contributed by atoms with E-state index in [0.29, 0.717) is 5.56 Å². The van der Waals surface area contributed by atoms with E-state index in [0.717, 1.165) is 44.5 Å². The summed E-state index contributed by atoms with van der Waals surface area (Å²) in [5.74, 6) is -0.0246. The molecule has 2 atom stereocenters. The molecule has 2 aromatic carbocycles. The number of piperidine rings is 1. The first-order chi connectivity index (χ1) is 12.6. The largest absolute Gasteiger partial charge is 0.384 e. The average Bonchev–Trinajstić information content (AvgIpc) is 2.85. The summed E-state index contributed by atoms with van der Waals surface area (Å²) in [7, 11) is 0. The molecule has 4 heteroatoms. The lowest BCUT2D eigenvalue weighted by Gasteiger charge is -2.45. The maximum Gasteiger partial charge on any atom is 0.248 e. The van der Waals surface area contributed by atoms with Crippen molar-refractivity contribution in [2.75, 3.05) is 19.6 Å². The van der Waals surface area contributed by atoms with Gasteiger partial charge in [0.05, 0.1) is 5.60 Å². The fourth-order valence-electron chi connectivity index (χ4n) is 4.84. The van der Waals surface area contributed by atoms with Crippen LogP contribution in [0.3, 0.4) is 0 Å². The molecule has 1 amide bonds. The zero-order valence-corrected chi connectivity index (χ0v) is 15.0. The second kappa shape index (κ2) is 6.86. The number of benzene rings is 2. The molecule has 0 aromatic heterocycles. The Bertz CT molecular complexity index is 776. The van der Waals surface area contributed by atoms with E-state index in [-0.39, 0.29) is 11.8 Å². The monoisotopic (exact) mass is 350 g/mol. The van der Waals surface area contributed by atoms with Crippen molar-refractivity contribution in [2.24, 2.45) is 17.6 Å². The van der Waals surface area contributed by atoms with Gasteiger partial charge in [0.1, 0.15) is 0 Å². The number of likely N-dealkylation sites (tertiary alicyclic amines) is 1. The lowest BCUT2D eigenvalue weighted by molar-refractivity contribution is -0.0894. The standard InChI is InChI=1S/C22H26N2O2/c23-21(25)17-7-4-8-18(13-17)22(26)19-9-10-20(22)15-24(14-19)12-11-16-5-2-1-3-6-16/h1-8,13,19-20,26H,9-12,14-15H2,(H2,23,25). The highest BCUT2D eigenvalue weighted by Gasteiger charge is 2.53. The van der Waals surface area contributed by atoms with Crippen molar-refractivity contribution in [3.05, 3.63) is 71.3 Å². The number of carbonyl (C=O) groups excluding carboxylic acids is 1. The molecular formula is C22H26N2O2. The minimum atomic E-state index is -0.839. The van der Waals surface area contributed by atoms with E-state index < -0.39 is 11.5 Å². The van der Waals surface area contributed by atoms with Crippen LogP contribution in [0.4, 0.5) is 0 Å². The van der Waals surface area contributed by atoms with Crippen molar-refractivity contribution in [1.82, 2.24) is 4.90 Å². The molecule has 2 fully saturated rings. The topological polar surface area (TPSA) is 66.6 Å². The van der Waals surface area contributed by atoms with E-state index in [1.54, 1.807) is 12.1 Å². The van der Waals surface area contributed by atoms with Crippen LogP contribution in [0, 0.1) is 11.8 Å². The van der Waals surface area contributed by atoms with Gasteiger partial charge in [0, 0.05) is 37.0 Å². The van der Waals surface area contributed by atoms with Gasteiger partial charge in [-0.1, -0.05) is 42.5 Å². The molecule has 0 spiro atoms. The molecule has 1 saturated carbocycles. The van der Waals surface area contributed by atoms with Crippen molar-refractivity contribution in [3.63, 3.8) is 0 Å². The Hall–Kier alpha value is -2.17. The van der Waals surface area contributed by atoms with Crippen molar-refractivity contribution < 1.29 is 9.90 Å². The maximum absolute atomic E-state index is 11.6. The summed E-state index contributed by atoms with van der Waals surface area (Å²) >= 11 is 0. The normalized spacial score (nSPS) is 28.2. The molecule has 2 unspecified atom stereocenters. The second-order valence-electron chi connectivity index (χ2n) is 7.74. The van der Waals surface area contributed by atoms with Gasteiger partial charge in [0.2, 0.25) is 5.91 Å². The molecule has 4 rings (SSSR count). The third-order valence-electron chi connectivity index (χ3n) is 6.23. The Morgan fingerprint density at radius 3 is 2.42 bits per heavy atom. The molecule has 26 heavy (non-hydrogen) atoms. The number of aliphatic hydroxyl groups is 1. The lowest BCUT2D eigenvalue weighted by atomic mass is 9.75. The van der Waals surface area contributed by atoms with E-state index in [1.807, 2.05) is 18.2 Å². The second-order valence-corrected chi connectivity index (χ2v) is 7.74. The maximum atomic E-state index is 11.6. The Balaban J connectivity index is 1.49. The molecular weight excluding hydrogens is 324 g/mol. The van der Waals surface area contributed by atoms with Crippen LogP contribution >= 0.6 is 0 Å². The first-order valence-electron chi connectivity index (χ1n) is 9.46. The number of nitrogens with two attached hydrogens (primary N) is 1. The molecule has 2 aliphatic rings. The van der Waals surface area contributed by atoms with Gasteiger partial charge in [-0.3, -0.25) is 4.79 Å². The zero-order chi connectivity index (χ0) is 18.1. The van der Waals surface area contributed by atoms with Crippen molar-refractivity contribution in [2.45, 2.75) is 24.9 Å². The zero-order valence-electron chi connectivity index (χ0n) is 15.0. The Kier molecular flexibility index (Phi) is 4.55. The van der Waals surface area contributed by atoms with Crippen LogP contribution in [0.1, 0.15) is 34.3 Å². The number of fused-ring (bicyclic) bond motifs is 2. The average molecular weight is 350 g/mol. The van der Waals surface area contributed by atoms with Gasteiger partial charge in [0.15, 0.2) is 0 Å². The summed E-state index contributed by atoms with van der Waals surface area (Å²) in [6, 6.07) is 17.8. The van der Waals surface area contributed by atoms with Crippen molar-refractivity contribution in [3.8, 4) is 0 Å². The molecule has 2 aromatic rings. The smallest absolute Gasteiger partial charge is 0.248 e. The molecule has 0 radical (unpaired) electrons. The van der Waals surface area contributed by atoms with Crippen LogP contribution < -0.4 is 5.73 Å². The van der Waals surface area contributed by atoms with E-state index in [1.165, 1.54) is 5.56 Å². The fraction of sp³-hybridized carbons (Fsp3) is 0.409. The van der Waals surface area contributed by atoms with Crippen LogP contribution in [0.15, 0.2) is 54.6 Å². The van der Waals surface area contributed by atoms with Crippen LogP contribution in [0.25, 0.3) is 0 Å². The molecule has 1 saturated heterocycles.